The van der Waals surface area contributed by atoms with Crippen LogP contribution in [-0.2, 0) is 6.54 Å². The van der Waals surface area contributed by atoms with Crippen molar-refractivity contribution in [2.45, 2.75) is 6.54 Å². The number of halogens is 1. The van der Waals surface area contributed by atoms with Crippen molar-refractivity contribution in [3.63, 3.8) is 0 Å². The first-order valence-corrected chi connectivity index (χ1v) is 6.93. The summed E-state index contributed by atoms with van der Waals surface area (Å²) in [5.41, 5.74) is 2.01. The lowest BCUT2D eigenvalue weighted by molar-refractivity contribution is 0.408. The maximum atomic E-state index is 6.19. The molecule has 0 unspecified atom stereocenters. The Bertz CT molecular complexity index is 740. The van der Waals surface area contributed by atoms with E-state index in [4.69, 9.17) is 16.3 Å². The fourth-order valence-corrected chi connectivity index (χ4v) is 2.41. The number of hydrogen-bond donors (Lipinski definition) is 0. The fraction of sp³-hybridized carbons (Fsp3) is 0.125. The molecule has 0 amide bonds. The average molecular weight is 300 g/mol. The molecule has 0 spiro atoms. The molecular weight excluding hydrogens is 286 g/mol. The Hall–Kier alpha value is -2.33. The highest BCUT2D eigenvalue weighted by molar-refractivity contribution is 6.28. The van der Waals surface area contributed by atoms with E-state index in [1.165, 1.54) is 0 Å². The van der Waals surface area contributed by atoms with Crippen molar-refractivity contribution in [1.29, 1.82) is 0 Å². The van der Waals surface area contributed by atoms with Crippen molar-refractivity contribution < 1.29 is 4.74 Å². The number of aromatic nitrogens is 3. The highest BCUT2D eigenvalue weighted by atomic mass is 35.5. The number of methoxy groups -OCH3 is 1. The van der Waals surface area contributed by atoms with Gasteiger partial charge >= 0.3 is 0 Å². The Morgan fingerprint density at radius 1 is 1.00 bits per heavy atom. The van der Waals surface area contributed by atoms with Crippen LogP contribution in [0.1, 0.15) is 5.56 Å². The fourth-order valence-electron chi connectivity index (χ4n) is 2.23. The van der Waals surface area contributed by atoms with Crippen LogP contribution in [0.2, 0.25) is 5.28 Å². The van der Waals surface area contributed by atoms with Gasteiger partial charge in [0.25, 0.3) is 0 Å². The van der Waals surface area contributed by atoms with Crippen molar-refractivity contribution in [2.24, 2.45) is 0 Å². The smallest absolute Gasteiger partial charge is 0.225 e. The summed E-state index contributed by atoms with van der Waals surface area (Å²) >= 11 is 6.19. The van der Waals surface area contributed by atoms with Crippen LogP contribution in [0.15, 0.2) is 54.6 Å². The molecule has 0 aliphatic carbocycles. The molecule has 0 aliphatic heterocycles. The quantitative estimate of drug-likeness (QED) is 0.738. The van der Waals surface area contributed by atoms with Crippen LogP contribution in [0, 0.1) is 0 Å². The van der Waals surface area contributed by atoms with Gasteiger partial charge in [-0.3, -0.25) is 4.57 Å². The Labute approximate surface area is 128 Å². The molecule has 4 nitrogen and oxygen atoms in total. The number of benzene rings is 2. The molecule has 0 saturated carbocycles. The minimum Gasteiger partial charge on any atom is -0.496 e. The molecule has 5 heteroatoms. The third-order valence-electron chi connectivity index (χ3n) is 3.26. The lowest BCUT2D eigenvalue weighted by Gasteiger charge is -2.11. The Balaban J connectivity index is 2.02. The van der Waals surface area contributed by atoms with Gasteiger partial charge in [0.15, 0.2) is 5.82 Å². The van der Waals surface area contributed by atoms with Crippen LogP contribution in [0.4, 0.5) is 0 Å². The van der Waals surface area contributed by atoms with E-state index in [0.717, 1.165) is 22.7 Å². The highest BCUT2D eigenvalue weighted by Gasteiger charge is 2.14. The summed E-state index contributed by atoms with van der Waals surface area (Å²) in [5.74, 6) is 1.56. The first kappa shape index (κ1) is 13.6. The van der Waals surface area contributed by atoms with Gasteiger partial charge in [-0.15, -0.1) is 10.2 Å². The Kier molecular flexibility index (Phi) is 3.88. The van der Waals surface area contributed by atoms with Crippen molar-refractivity contribution >= 4 is 11.6 Å². The van der Waals surface area contributed by atoms with Crippen molar-refractivity contribution in [2.75, 3.05) is 7.11 Å². The monoisotopic (exact) mass is 299 g/mol. The lowest BCUT2D eigenvalue weighted by atomic mass is 10.2. The Morgan fingerprint density at radius 2 is 1.71 bits per heavy atom. The summed E-state index contributed by atoms with van der Waals surface area (Å²) in [5, 5.41) is 8.52. The van der Waals surface area contributed by atoms with E-state index in [-0.39, 0.29) is 0 Å². The van der Waals surface area contributed by atoms with Crippen LogP contribution in [0.25, 0.3) is 11.4 Å². The normalized spacial score (nSPS) is 10.6. The van der Waals surface area contributed by atoms with Gasteiger partial charge in [0.1, 0.15) is 5.75 Å². The minimum atomic E-state index is 0.361. The van der Waals surface area contributed by atoms with E-state index in [1.54, 1.807) is 7.11 Å². The molecule has 0 fully saturated rings. The van der Waals surface area contributed by atoms with Gasteiger partial charge in [-0.1, -0.05) is 48.5 Å². The van der Waals surface area contributed by atoms with Crippen molar-refractivity contribution in [1.82, 2.24) is 14.8 Å². The highest BCUT2D eigenvalue weighted by Crippen LogP contribution is 2.25. The zero-order valence-electron chi connectivity index (χ0n) is 11.5. The van der Waals surface area contributed by atoms with Crippen LogP contribution in [0.5, 0.6) is 5.75 Å². The summed E-state index contributed by atoms with van der Waals surface area (Å²) < 4.78 is 7.25. The minimum absolute atomic E-state index is 0.361. The molecular formula is C16H14ClN3O. The SMILES string of the molecule is COc1ccccc1Cn1c(Cl)nnc1-c1ccccc1. The second-order valence-corrected chi connectivity index (χ2v) is 4.89. The third kappa shape index (κ3) is 2.76. The molecule has 21 heavy (non-hydrogen) atoms. The molecule has 0 bridgehead atoms. The lowest BCUT2D eigenvalue weighted by Crippen LogP contribution is -2.04. The molecule has 0 N–H and O–H groups in total. The molecule has 0 atom stereocenters. The molecule has 1 aromatic heterocycles. The molecule has 3 rings (SSSR count). The van der Waals surface area contributed by atoms with Gasteiger partial charge in [0.2, 0.25) is 5.28 Å². The standard InChI is InChI=1S/C16H14ClN3O/c1-21-14-10-6-5-9-13(14)11-20-15(18-19-16(20)17)12-7-3-2-4-8-12/h2-10H,11H2,1H3. The third-order valence-corrected chi connectivity index (χ3v) is 3.54. The molecule has 106 valence electrons. The van der Waals surface area contributed by atoms with Gasteiger partial charge in [-0.25, -0.2) is 0 Å². The average Bonchev–Trinajstić information content (AvgIpc) is 2.90. The van der Waals surface area contributed by atoms with Crippen molar-refractivity contribution in [3.05, 3.63) is 65.4 Å². The van der Waals surface area contributed by atoms with Gasteiger partial charge in [0, 0.05) is 11.1 Å². The van der Waals surface area contributed by atoms with E-state index in [2.05, 4.69) is 10.2 Å². The maximum absolute atomic E-state index is 6.19. The number of hydrogen-bond acceptors (Lipinski definition) is 3. The summed E-state index contributed by atoms with van der Waals surface area (Å²) in [6, 6.07) is 17.7. The Morgan fingerprint density at radius 3 is 2.48 bits per heavy atom. The van der Waals surface area contributed by atoms with E-state index >= 15 is 0 Å². The number of rotatable bonds is 4. The topological polar surface area (TPSA) is 39.9 Å². The summed E-state index contributed by atoms with van der Waals surface area (Å²) in [7, 11) is 1.66. The largest absolute Gasteiger partial charge is 0.496 e. The van der Waals surface area contributed by atoms with Crippen LogP contribution >= 0.6 is 11.6 Å². The first-order valence-electron chi connectivity index (χ1n) is 6.55. The van der Waals surface area contributed by atoms with Crippen LogP contribution in [-0.4, -0.2) is 21.9 Å². The molecule has 3 aromatic rings. The second-order valence-electron chi connectivity index (χ2n) is 4.56. The molecule has 0 saturated heterocycles. The van der Waals surface area contributed by atoms with Crippen LogP contribution in [0.3, 0.4) is 0 Å². The maximum Gasteiger partial charge on any atom is 0.225 e. The molecule has 0 radical (unpaired) electrons. The van der Waals surface area contributed by atoms with Crippen molar-refractivity contribution in [3.8, 4) is 17.1 Å². The molecule has 1 heterocycles. The summed E-state index contributed by atoms with van der Waals surface area (Å²) in [6.45, 7) is 0.556. The van der Waals surface area contributed by atoms with Gasteiger partial charge in [-0.05, 0) is 17.7 Å². The van der Waals surface area contributed by atoms with Gasteiger partial charge in [0.05, 0.1) is 13.7 Å². The number of ether oxygens (including phenoxy) is 1. The molecule has 2 aromatic carbocycles. The molecule has 0 aliphatic rings. The zero-order chi connectivity index (χ0) is 14.7. The number of nitrogens with zero attached hydrogens (tertiary/aromatic N) is 3. The van der Waals surface area contributed by atoms with E-state index in [0.29, 0.717) is 11.8 Å². The number of para-hydroxylation sites is 1. The van der Waals surface area contributed by atoms with Gasteiger partial charge < -0.3 is 4.74 Å². The van der Waals surface area contributed by atoms with E-state index in [9.17, 15) is 0 Å². The van der Waals surface area contributed by atoms with Gasteiger partial charge in [-0.2, -0.15) is 0 Å². The predicted octanol–water partition coefficient (Wildman–Crippen LogP) is 3.66. The first-order chi connectivity index (χ1) is 10.3. The van der Waals surface area contributed by atoms with E-state index < -0.39 is 0 Å². The predicted molar refractivity (Wildman–Crippen MR) is 82.6 cm³/mol. The van der Waals surface area contributed by atoms with Crippen LogP contribution < -0.4 is 4.74 Å². The zero-order valence-corrected chi connectivity index (χ0v) is 12.3. The summed E-state index contributed by atoms with van der Waals surface area (Å²) in [6.07, 6.45) is 0. The second kappa shape index (κ2) is 5.97. The van der Waals surface area contributed by atoms with E-state index in [1.807, 2.05) is 59.2 Å². The summed E-state index contributed by atoms with van der Waals surface area (Å²) in [4.78, 5) is 0.